The number of hydrogen-bond donors (Lipinski definition) is 0. The SMILES string of the molecule is O=C(C1=NN(C2CCS(=O)(=O)C2)C(=O)CC1)N1CCCC1Cc1cccc(F)c1. The van der Waals surface area contributed by atoms with Gasteiger partial charge in [-0.1, -0.05) is 12.1 Å². The van der Waals surface area contributed by atoms with Crippen LogP contribution in [0.5, 0.6) is 0 Å². The van der Waals surface area contributed by atoms with Gasteiger partial charge in [0.1, 0.15) is 11.5 Å². The number of carbonyl (C=O) groups is 2. The molecule has 2 amide bonds. The zero-order chi connectivity index (χ0) is 20.6. The first-order chi connectivity index (χ1) is 13.8. The molecule has 0 N–H and O–H groups in total. The molecule has 2 saturated heterocycles. The standard InChI is InChI=1S/C20H24FN3O4S/c21-15-4-1-3-14(11-15)12-16-5-2-9-23(16)20(26)18-6-7-19(25)24(22-18)17-8-10-29(27,28)13-17/h1,3-4,11,16-17H,2,5-10,12-13H2. The van der Waals surface area contributed by atoms with E-state index >= 15 is 0 Å². The number of halogens is 1. The highest BCUT2D eigenvalue weighted by atomic mass is 32.2. The first-order valence-electron chi connectivity index (χ1n) is 9.98. The Morgan fingerprint density at radius 1 is 1.24 bits per heavy atom. The molecule has 2 atom stereocenters. The Labute approximate surface area is 169 Å². The van der Waals surface area contributed by atoms with Crippen molar-refractivity contribution in [3.8, 4) is 0 Å². The van der Waals surface area contributed by atoms with Crippen molar-refractivity contribution in [1.29, 1.82) is 0 Å². The molecule has 9 heteroatoms. The van der Waals surface area contributed by atoms with Gasteiger partial charge >= 0.3 is 0 Å². The summed E-state index contributed by atoms with van der Waals surface area (Å²) >= 11 is 0. The maximum Gasteiger partial charge on any atom is 0.270 e. The minimum absolute atomic E-state index is 0.0371. The molecule has 2 fully saturated rings. The van der Waals surface area contributed by atoms with Gasteiger partial charge in [-0.05, 0) is 43.4 Å². The Hall–Kier alpha value is -2.29. The number of benzene rings is 1. The van der Waals surface area contributed by atoms with E-state index in [0.717, 1.165) is 18.4 Å². The summed E-state index contributed by atoms with van der Waals surface area (Å²) in [6.45, 7) is 0.601. The summed E-state index contributed by atoms with van der Waals surface area (Å²) in [6, 6.07) is 5.87. The summed E-state index contributed by atoms with van der Waals surface area (Å²) in [7, 11) is -3.16. The van der Waals surface area contributed by atoms with Gasteiger partial charge in [0.25, 0.3) is 5.91 Å². The van der Waals surface area contributed by atoms with Crippen molar-refractivity contribution in [1.82, 2.24) is 9.91 Å². The second kappa shape index (κ2) is 7.85. The van der Waals surface area contributed by atoms with Crippen molar-refractivity contribution in [2.75, 3.05) is 18.1 Å². The molecule has 3 aliphatic rings. The molecule has 0 spiro atoms. The fourth-order valence-corrected chi connectivity index (χ4v) is 6.09. The number of hydrogen-bond acceptors (Lipinski definition) is 5. The topological polar surface area (TPSA) is 87.1 Å². The van der Waals surface area contributed by atoms with E-state index in [2.05, 4.69) is 5.10 Å². The first-order valence-corrected chi connectivity index (χ1v) is 11.8. The first kappa shape index (κ1) is 20.0. The van der Waals surface area contributed by atoms with E-state index in [1.165, 1.54) is 17.1 Å². The van der Waals surface area contributed by atoms with Gasteiger partial charge in [-0.3, -0.25) is 9.59 Å². The van der Waals surface area contributed by atoms with Crippen LogP contribution in [0, 0.1) is 5.82 Å². The summed E-state index contributed by atoms with van der Waals surface area (Å²) in [5, 5.41) is 5.52. The predicted molar refractivity (Wildman–Crippen MR) is 105 cm³/mol. The van der Waals surface area contributed by atoms with Gasteiger partial charge in [-0.15, -0.1) is 0 Å². The minimum atomic E-state index is -3.16. The number of nitrogens with zero attached hydrogens (tertiary/aromatic N) is 3. The highest BCUT2D eigenvalue weighted by Gasteiger charge is 2.39. The molecule has 29 heavy (non-hydrogen) atoms. The Balaban J connectivity index is 1.50. The van der Waals surface area contributed by atoms with Crippen molar-refractivity contribution in [3.05, 3.63) is 35.6 Å². The maximum atomic E-state index is 13.5. The number of carbonyl (C=O) groups excluding carboxylic acids is 2. The third-order valence-electron chi connectivity index (χ3n) is 5.86. The van der Waals surface area contributed by atoms with Crippen LogP contribution in [0.2, 0.25) is 0 Å². The van der Waals surface area contributed by atoms with Crippen LogP contribution in [0.4, 0.5) is 4.39 Å². The molecular formula is C20H24FN3O4S. The largest absolute Gasteiger partial charge is 0.334 e. The van der Waals surface area contributed by atoms with Crippen LogP contribution >= 0.6 is 0 Å². The Kier molecular flexibility index (Phi) is 5.42. The molecule has 7 nitrogen and oxygen atoms in total. The molecule has 0 saturated carbocycles. The van der Waals surface area contributed by atoms with E-state index in [1.807, 2.05) is 6.07 Å². The summed E-state index contributed by atoms with van der Waals surface area (Å²) in [5.41, 5.74) is 1.15. The van der Waals surface area contributed by atoms with Crippen molar-refractivity contribution < 1.29 is 22.4 Å². The van der Waals surface area contributed by atoms with E-state index in [0.29, 0.717) is 25.1 Å². The second-order valence-corrected chi connectivity index (χ2v) is 10.2. The molecule has 0 aliphatic carbocycles. The van der Waals surface area contributed by atoms with Gasteiger partial charge < -0.3 is 4.90 Å². The summed E-state index contributed by atoms with van der Waals surface area (Å²) in [4.78, 5) is 27.2. The number of hydrazone groups is 1. The Morgan fingerprint density at radius 2 is 2.07 bits per heavy atom. The molecule has 0 bridgehead atoms. The third-order valence-corrected chi connectivity index (χ3v) is 7.61. The highest BCUT2D eigenvalue weighted by Crippen LogP contribution is 2.26. The lowest BCUT2D eigenvalue weighted by atomic mass is 10.0. The molecule has 4 rings (SSSR count). The average Bonchev–Trinajstić information content (AvgIpc) is 3.27. The Bertz CT molecular complexity index is 962. The van der Waals surface area contributed by atoms with Gasteiger partial charge in [0.15, 0.2) is 9.84 Å². The molecule has 1 aromatic rings. The van der Waals surface area contributed by atoms with Crippen molar-refractivity contribution in [2.24, 2.45) is 5.10 Å². The van der Waals surface area contributed by atoms with Gasteiger partial charge in [0.05, 0.1) is 17.5 Å². The fourth-order valence-electron chi connectivity index (χ4n) is 4.40. The lowest BCUT2D eigenvalue weighted by molar-refractivity contribution is -0.134. The predicted octanol–water partition coefficient (Wildman–Crippen LogP) is 1.52. The molecule has 0 radical (unpaired) electrons. The lowest BCUT2D eigenvalue weighted by Crippen LogP contribution is -2.46. The zero-order valence-corrected chi connectivity index (χ0v) is 16.9. The third kappa shape index (κ3) is 4.34. The van der Waals surface area contributed by atoms with Crippen molar-refractivity contribution in [2.45, 2.75) is 50.6 Å². The average molecular weight is 421 g/mol. The molecular weight excluding hydrogens is 397 g/mol. The number of amides is 2. The van der Waals surface area contributed by atoms with Crippen molar-refractivity contribution in [3.63, 3.8) is 0 Å². The van der Waals surface area contributed by atoms with E-state index in [4.69, 9.17) is 0 Å². The van der Waals surface area contributed by atoms with Crippen LogP contribution in [-0.4, -0.2) is 66.0 Å². The molecule has 156 valence electrons. The number of likely N-dealkylation sites (tertiary alicyclic amines) is 1. The summed E-state index contributed by atoms with van der Waals surface area (Å²) in [6.07, 6.45) is 3.03. The molecule has 2 unspecified atom stereocenters. The molecule has 3 aliphatic heterocycles. The normalized spacial score (nSPS) is 26.7. The van der Waals surface area contributed by atoms with E-state index in [1.54, 1.807) is 11.0 Å². The number of rotatable bonds is 4. The molecule has 1 aromatic carbocycles. The van der Waals surface area contributed by atoms with Crippen LogP contribution in [0.1, 0.15) is 37.7 Å². The van der Waals surface area contributed by atoms with Crippen molar-refractivity contribution >= 4 is 27.4 Å². The fraction of sp³-hybridized carbons (Fsp3) is 0.550. The second-order valence-electron chi connectivity index (χ2n) is 7.97. The van der Waals surface area contributed by atoms with Gasteiger partial charge in [0.2, 0.25) is 5.91 Å². The quantitative estimate of drug-likeness (QED) is 0.738. The zero-order valence-electron chi connectivity index (χ0n) is 16.1. The van der Waals surface area contributed by atoms with E-state index < -0.39 is 15.9 Å². The van der Waals surface area contributed by atoms with E-state index in [9.17, 15) is 22.4 Å². The van der Waals surface area contributed by atoms with Gasteiger partial charge in [0, 0.05) is 25.4 Å². The van der Waals surface area contributed by atoms with Crippen LogP contribution in [0.25, 0.3) is 0 Å². The molecule has 0 aromatic heterocycles. The van der Waals surface area contributed by atoms with Crippen LogP contribution in [0.15, 0.2) is 29.4 Å². The monoisotopic (exact) mass is 421 g/mol. The van der Waals surface area contributed by atoms with Gasteiger partial charge in [-0.25, -0.2) is 17.8 Å². The van der Waals surface area contributed by atoms with Crippen LogP contribution < -0.4 is 0 Å². The molecule has 3 heterocycles. The van der Waals surface area contributed by atoms with Crippen LogP contribution in [-0.2, 0) is 25.8 Å². The lowest BCUT2D eigenvalue weighted by Gasteiger charge is -2.30. The highest BCUT2D eigenvalue weighted by molar-refractivity contribution is 7.91. The van der Waals surface area contributed by atoms with E-state index in [-0.39, 0.29) is 48.0 Å². The smallest absolute Gasteiger partial charge is 0.270 e. The summed E-state index contributed by atoms with van der Waals surface area (Å²) < 4.78 is 37.0. The summed E-state index contributed by atoms with van der Waals surface area (Å²) in [5.74, 6) is -0.795. The number of sulfone groups is 1. The van der Waals surface area contributed by atoms with Crippen LogP contribution in [0.3, 0.4) is 0 Å². The minimum Gasteiger partial charge on any atom is -0.334 e. The van der Waals surface area contributed by atoms with Gasteiger partial charge in [-0.2, -0.15) is 5.10 Å². The Morgan fingerprint density at radius 3 is 2.79 bits per heavy atom. The maximum absolute atomic E-state index is 13.5.